The third-order valence-corrected chi connectivity index (χ3v) is 7.06. The summed E-state index contributed by atoms with van der Waals surface area (Å²) in [6, 6.07) is 9.93. The number of aromatic nitrogens is 2. The minimum Gasteiger partial charge on any atom is -0.490 e. The third-order valence-electron chi connectivity index (χ3n) is 7.06. The highest BCUT2D eigenvalue weighted by atomic mass is 19.1. The van der Waals surface area contributed by atoms with E-state index in [4.69, 9.17) is 9.47 Å². The molecular weight excluding hydrogens is 505 g/mol. The summed E-state index contributed by atoms with van der Waals surface area (Å²) in [4.78, 5) is 40.3. The van der Waals surface area contributed by atoms with Gasteiger partial charge in [0, 0.05) is 31.5 Å². The summed E-state index contributed by atoms with van der Waals surface area (Å²) in [5.41, 5.74) is 2.27. The van der Waals surface area contributed by atoms with Crippen LogP contribution in [0.5, 0.6) is 5.75 Å². The van der Waals surface area contributed by atoms with Crippen LogP contribution in [0.4, 0.5) is 15.8 Å². The Morgan fingerprint density at radius 2 is 1.95 bits per heavy atom. The number of hydrogen-bond acceptors (Lipinski definition) is 6. The van der Waals surface area contributed by atoms with Crippen LogP contribution >= 0.6 is 0 Å². The highest BCUT2D eigenvalue weighted by Gasteiger charge is 2.39. The number of fused-ring (bicyclic) bond motifs is 2. The second-order valence-electron chi connectivity index (χ2n) is 9.90. The lowest BCUT2D eigenvalue weighted by molar-refractivity contribution is -0.130. The molecule has 0 saturated carbocycles. The third kappa shape index (κ3) is 5.78. The number of carbonyl (C=O) groups excluding carboxylic acids is 3. The zero-order valence-corrected chi connectivity index (χ0v) is 21.9. The van der Waals surface area contributed by atoms with Gasteiger partial charge in [-0.3, -0.25) is 19.1 Å². The standard InChI is InChI=1S/C28H30FN5O5/c1-16-22(14-33(2)32-16)31-26(35)13-20-8-9-23-25(39-20)15-38-24-10-7-19(12-21(24)28(37)34(23)3)30-27(36)17-5-4-6-18(29)11-17/h4-7,10-12,14,20,23,25H,8-9,13,15H2,1-3H3,(H,30,36)(H,31,35)/t20-,23+,25-/m0/s1. The van der Waals surface area contributed by atoms with E-state index in [1.165, 1.54) is 18.2 Å². The van der Waals surface area contributed by atoms with E-state index in [2.05, 4.69) is 15.7 Å². The van der Waals surface area contributed by atoms with E-state index in [1.807, 2.05) is 6.92 Å². The highest BCUT2D eigenvalue weighted by molar-refractivity contribution is 6.05. The molecular formula is C28H30FN5O5. The highest BCUT2D eigenvalue weighted by Crippen LogP contribution is 2.33. The fraction of sp³-hybridized carbons (Fsp3) is 0.357. The molecule has 2 aliphatic heterocycles. The molecule has 11 heteroatoms. The average molecular weight is 536 g/mol. The van der Waals surface area contributed by atoms with Gasteiger partial charge >= 0.3 is 0 Å². The molecule has 3 amide bonds. The van der Waals surface area contributed by atoms with Crippen molar-refractivity contribution >= 4 is 29.1 Å². The minimum absolute atomic E-state index is 0.163. The first-order valence-corrected chi connectivity index (χ1v) is 12.7. The maximum Gasteiger partial charge on any atom is 0.257 e. The van der Waals surface area contributed by atoms with Crippen LogP contribution in [0, 0.1) is 12.7 Å². The van der Waals surface area contributed by atoms with Crippen LogP contribution in [0.1, 0.15) is 45.7 Å². The molecule has 3 aromatic rings. The number of rotatable bonds is 5. The molecule has 204 valence electrons. The van der Waals surface area contributed by atoms with Crippen molar-refractivity contribution in [3.8, 4) is 5.75 Å². The first-order valence-electron chi connectivity index (χ1n) is 12.7. The monoisotopic (exact) mass is 535 g/mol. The zero-order valence-electron chi connectivity index (χ0n) is 21.9. The topological polar surface area (TPSA) is 115 Å². The number of likely N-dealkylation sites (N-methyl/N-ethyl adjacent to an activating group) is 1. The van der Waals surface area contributed by atoms with Crippen molar-refractivity contribution in [1.29, 1.82) is 0 Å². The van der Waals surface area contributed by atoms with Crippen molar-refractivity contribution in [3.63, 3.8) is 0 Å². The van der Waals surface area contributed by atoms with Gasteiger partial charge in [-0.2, -0.15) is 5.10 Å². The van der Waals surface area contributed by atoms with Crippen molar-refractivity contribution in [2.24, 2.45) is 7.05 Å². The summed E-state index contributed by atoms with van der Waals surface area (Å²) in [7, 11) is 3.51. The minimum atomic E-state index is -0.512. The molecule has 0 unspecified atom stereocenters. The lowest BCUT2D eigenvalue weighted by atomic mass is 9.94. The maximum atomic E-state index is 13.5. The Balaban J connectivity index is 1.25. The Labute approximate surface area is 225 Å². The summed E-state index contributed by atoms with van der Waals surface area (Å²) in [6.07, 6.45) is 2.46. The first kappa shape index (κ1) is 26.4. The van der Waals surface area contributed by atoms with Crippen LogP contribution in [0.2, 0.25) is 0 Å². The molecule has 2 aromatic carbocycles. The fourth-order valence-electron chi connectivity index (χ4n) is 5.07. The van der Waals surface area contributed by atoms with Gasteiger partial charge in [0.2, 0.25) is 5.91 Å². The van der Waals surface area contributed by atoms with Crippen molar-refractivity contribution in [2.45, 2.75) is 44.4 Å². The van der Waals surface area contributed by atoms with Crippen LogP contribution in [0.3, 0.4) is 0 Å². The summed E-state index contributed by atoms with van der Waals surface area (Å²) < 4.78 is 27.4. The molecule has 5 rings (SSSR count). The number of anilines is 2. The number of nitrogens with zero attached hydrogens (tertiary/aromatic N) is 3. The van der Waals surface area contributed by atoms with Crippen LogP contribution in [-0.2, 0) is 16.6 Å². The fourth-order valence-corrected chi connectivity index (χ4v) is 5.07. The number of carbonyl (C=O) groups is 3. The lowest BCUT2D eigenvalue weighted by Gasteiger charge is -2.42. The van der Waals surface area contributed by atoms with Gasteiger partial charge in [-0.05, 0) is 56.2 Å². The molecule has 1 aromatic heterocycles. The van der Waals surface area contributed by atoms with E-state index < -0.39 is 17.8 Å². The summed E-state index contributed by atoms with van der Waals surface area (Å²) in [5.74, 6) is -1.07. The van der Waals surface area contributed by atoms with Gasteiger partial charge in [0.25, 0.3) is 11.8 Å². The molecule has 0 aliphatic carbocycles. The van der Waals surface area contributed by atoms with Gasteiger partial charge < -0.3 is 25.0 Å². The van der Waals surface area contributed by atoms with E-state index in [9.17, 15) is 18.8 Å². The van der Waals surface area contributed by atoms with Gasteiger partial charge in [-0.15, -0.1) is 0 Å². The van der Waals surface area contributed by atoms with Crippen LogP contribution in [-0.4, -0.2) is 64.3 Å². The predicted octanol–water partition coefficient (Wildman–Crippen LogP) is 3.53. The molecule has 0 spiro atoms. The van der Waals surface area contributed by atoms with Gasteiger partial charge in [0.1, 0.15) is 24.3 Å². The van der Waals surface area contributed by atoms with Crippen LogP contribution in [0.15, 0.2) is 48.7 Å². The Hall–Kier alpha value is -4.25. The Kier molecular flexibility index (Phi) is 7.34. The molecule has 1 saturated heterocycles. The number of benzene rings is 2. The van der Waals surface area contributed by atoms with Crippen molar-refractivity contribution in [1.82, 2.24) is 14.7 Å². The van der Waals surface area contributed by atoms with E-state index in [0.29, 0.717) is 35.5 Å². The Morgan fingerprint density at radius 3 is 2.69 bits per heavy atom. The largest absolute Gasteiger partial charge is 0.490 e. The predicted molar refractivity (Wildman–Crippen MR) is 141 cm³/mol. The number of nitrogens with one attached hydrogen (secondary N) is 2. The molecule has 1 fully saturated rings. The van der Waals surface area contributed by atoms with Crippen molar-refractivity contribution in [2.75, 3.05) is 24.3 Å². The molecule has 10 nitrogen and oxygen atoms in total. The Bertz CT molecular complexity index is 1420. The summed E-state index contributed by atoms with van der Waals surface area (Å²) >= 11 is 0. The summed E-state index contributed by atoms with van der Waals surface area (Å²) in [6.45, 7) is 2.03. The van der Waals surface area contributed by atoms with Gasteiger partial charge in [-0.25, -0.2) is 4.39 Å². The molecule has 2 N–H and O–H groups in total. The number of hydrogen-bond donors (Lipinski definition) is 2. The number of aryl methyl sites for hydroxylation is 2. The van der Waals surface area contributed by atoms with E-state index in [0.717, 1.165) is 11.8 Å². The second-order valence-corrected chi connectivity index (χ2v) is 9.90. The molecule has 0 radical (unpaired) electrons. The van der Waals surface area contributed by atoms with Gasteiger partial charge in [0.05, 0.1) is 35.5 Å². The van der Waals surface area contributed by atoms with E-state index >= 15 is 0 Å². The average Bonchev–Trinajstić information content (AvgIpc) is 3.22. The number of amides is 3. The first-order chi connectivity index (χ1) is 18.7. The van der Waals surface area contributed by atoms with E-state index in [1.54, 1.807) is 48.1 Å². The maximum absolute atomic E-state index is 13.5. The second kappa shape index (κ2) is 10.9. The smallest absolute Gasteiger partial charge is 0.257 e. The van der Waals surface area contributed by atoms with Gasteiger partial charge in [-0.1, -0.05) is 6.07 Å². The van der Waals surface area contributed by atoms with Gasteiger partial charge in [0.15, 0.2) is 0 Å². The number of halogens is 1. The SMILES string of the molecule is Cc1nn(C)cc1NC(=O)C[C@@H]1CC[C@@H]2[C@H](COc3ccc(NC(=O)c4cccc(F)c4)cc3C(=O)N2C)O1. The number of ether oxygens (including phenoxy) is 2. The summed E-state index contributed by atoms with van der Waals surface area (Å²) in [5, 5.41) is 9.83. The lowest BCUT2D eigenvalue weighted by Crippen LogP contribution is -2.53. The van der Waals surface area contributed by atoms with Crippen molar-refractivity contribution in [3.05, 3.63) is 71.3 Å². The molecule has 3 atom stereocenters. The Morgan fingerprint density at radius 1 is 1.13 bits per heavy atom. The molecule has 39 heavy (non-hydrogen) atoms. The molecule has 3 heterocycles. The molecule has 2 aliphatic rings. The van der Waals surface area contributed by atoms with E-state index in [-0.39, 0.29) is 42.6 Å². The normalized spacial score (nSPS) is 20.7. The van der Waals surface area contributed by atoms with Crippen LogP contribution in [0.25, 0.3) is 0 Å². The van der Waals surface area contributed by atoms with Crippen molar-refractivity contribution < 1.29 is 28.2 Å². The molecule has 0 bridgehead atoms. The quantitative estimate of drug-likeness (QED) is 0.517. The zero-order chi connectivity index (χ0) is 27.7. The van der Waals surface area contributed by atoms with Crippen LogP contribution < -0.4 is 15.4 Å².